The highest BCUT2D eigenvalue weighted by Crippen LogP contribution is 2.32. The Labute approximate surface area is 163 Å². The van der Waals surface area contributed by atoms with E-state index in [1.807, 2.05) is 31.3 Å². The fourth-order valence-electron chi connectivity index (χ4n) is 3.71. The van der Waals surface area contributed by atoms with Gasteiger partial charge in [0.2, 0.25) is 0 Å². The van der Waals surface area contributed by atoms with E-state index in [1.54, 1.807) is 0 Å². The topological polar surface area (TPSA) is 63.1 Å². The number of quaternary nitrogens is 1. The molecule has 7 heteroatoms. The van der Waals surface area contributed by atoms with Crippen LogP contribution in [0.4, 0.5) is 4.79 Å². The summed E-state index contributed by atoms with van der Waals surface area (Å²) >= 11 is 3.40. The molecule has 1 aromatic carbocycles. The third-order valence-electron chi connectivity index (χ3n) is 5.24. The number of imide groups is 1. The van der Waals surface area contributed by atoms with Crippen molar-refractivity contribution in [1.82, 2.24) is 10.2 Å². The van der Waals surface area contributed by atoms with Crippen molar-refractivity contribution in [2.75, 3.05) is 26.9 Å². The van der Waals surface area contributed by atoms with Gasteiger partial charge in [0.25, 0.3) is 5.91 Å². The molecule has 1 spiro atoms. The molecule has 0 aromatic heterocycles. The molecular weight excluding hydrogens is 398 g/mol. The van der Waals surface area contributed by atoms with E-state index in [0.717, 1.165) is 53.6 Å². The maximum absolute atomic E-state index is 12.9. The van der Waals surface area contributed by atoms with Gasteiger partial charge in [0.15, 0.2) is 6.67 Å². The van der Waals surface area contributed by atoms with Gasteiger partial charge in [0.1, 0.15) is 24.4 Å². The van der Waals surface area contributed by atoms with Crippen LogP contribution < -0.4 is 15.0 Å². The average Bonchev–Trinajstić information content (AvgIpc) is 2.79. The zero-order valence-electron chi connectivity index (χ0n) is 15.2. The Balaban J connectivity index is 1.50. The first kappa shape index (κ1) is 19.2. The van der Waals surface area contributed by atoms with Crippen LogP contribution in [-0.2, 0) is 4.79 Å². The lowest BCUT2D eigenvalue weighted by Gasteiger charge is -2.25. The van der Waals surface area contributed by atoms with E-state index in [2.05, 4.69) is 21.2 Å². The van der Waals surface area contributed by atoms with E-state index in [9.17, 15) is 9.59 Å². The molecule has 1 heterocycles. The smallest absolute Gasteiger partial charge is 0.329 e. The number of hydrogen-bond acceptors (Lipinski definition) is 3. The number of amides is 3. The van der Waals surface area contributed by atoms with Gasteiger partial charge in [-0.3, -0.25) is 4.79 Å². The van der Waals surface area contributed by atoms with Crippen LogP contribution in [-0.4, -0.2) is 49.2 Å². The molecule has 2 fully saturated rings. The van der Waals surface area contributed by atoms with Gasteiger partial charge in [0.05, 0.1) is 7.05 Å². The molecule has 26 heavy (non-hydrogen) atoms. The minimum absolute atomic E-state index is 0.0439. The molecule has 2 aliphatic rings. The second-order valence-electron chi connectivity index (χ2n) is 7.33. The normalized spacial score (nSPS) is 20.8. The lowest BCUT2D eigenvalue weighted by molar-refractivity contribution is -0.887. The molecule has 1 saturated heterocycles. The van der Waals surface area contributed by atoms with Gasteiger partial charge < -0.3 is 15.0 Å². The van der Waals surface area contributed by atoms with E-state index in [1.165, 1.54) is 4.90 Å². The number of nitrogens with one attached hydrogen (secondary N) is 2. The number of carbonyl (C=O) groups excluding carboxylic acids is 2. The molecule has 2 N–H and O–H groups in total. The summed E-state index contributed by atoms with van der Waals surface area (Å²) in [6.07, 6.45) is 5.82. The van der Waals surface area contributed by atoms with Crippen LogP contribution in [0.2, 0.25) is 0 Å². The Kier molecular flexibility index (Phi) is 6.19. The summed E-state index contributed by atoms with van der Waals surface area (Å²) in [4.78, 5) is 27.7. The van der Waals surface area contributed by atoms with Crippen LogP contribution >= 0.6 is 15.9 Å². The van der Waals surface area contributed by atoms with Crippen molar-refractivity contribution in [3.8, 4) is 5.75 Å². The molecule has 1 unspecified atom stereocenters. The highest BCUT2D eigenvalue weighted by molar-refractivity contribution is 9.10. The van der Waals surface area contributed by atoms with E-state index < -0.39 is 5.54 Å². The lowest BCUT2D eigenvalue weighted by Crippen LogP contribution is -3.11. The van der Waals surface area contributed by atoms with Gasteiger partial charge in [-0.2, -0.15) is 0 Å². The number of halogens is 1. The average molecular weight is 425 g/mol. The van der Waals surface area contributed by atoms with Crippen LogP contribution in [0.3, 0.4) is 0 Å². The predicted octanol–water partition coefficient (Wildman–Crippen LogP) is 1.94. The first-order chi connectivity index (χ1) is 12.5. The number of urea groups is 1. The van der Waals surface area contributed by atoms with Gasteiger partial charge >= 0.3 is 6.03 Å². The predicted molar refractivity (Wildman–Crippen MR) is 102 cm³/mol. The number of ether oxygens (including phenoxy) is 1. The second kappa shape index (κ2) is 8.39. The molecule has 0 radical (unpaired) electrons. The zero-order valence-corrected chi connectivity index (χ0v) is 16.8. The fraction of sp³-hybridized carbons (Fsp3) is 0.579. The van der Waals surface area contributed by atoms with Gasteiger partial charge in [-0.05, 0) is 37.1 Å². The minimum Gasteiger partial charge on any atom is -0.488 e. The number of likely N-dealkylation sites (N-methyl/N-ethyl adjacent to an activating group) is 1. The monoisotopic (exact) mass is 424 g/mol. The van der Waals surface area contributed by atoms with Crippen LogP contribution in [0, 0.1) is 0 Å². The molecule has 3 amide bonds. The number of benzene rings is 1. The second-order valence-corrected chi connectivity index (χ2v) is 8.24. The van der Waals surface area contributed by atoms with E-state index in [0.29, 0.717) is 19.8 Å². The Hall–Kier alpha value is -1.60. The van der Waals surface area contributed by atoms with Crippen molar-refractivity contribution in [3.63, 3.8) is 0 Å². The maximum atomic E-state index is 12.9. The van der Waals surface area contributed by atoms with Gasteiger partial charge in [-0.25, -0.2) is 9.69 Å². The summed E-state index contributed by atoms with van der Waals surface area (Å²) in [5.41, 5.74) is -0.651. The Bertz CT molecular complexity index is 642. The van der Waals surface area contributed by atoms with Crippen molar-refractivity contribution in [2.24, 2.45) is 0 Å². The summed E-state index contributed by atoms with van der Waals surface area (Å²) in [5.74, 6) is 0.769. The molecule has 3 rings (SSSR count). The van der Waals surface area contributed by atoms with Crippen LogP contribution in [0.1, 0.15) is 38.5 Å². The lowest BCUT2D eigenvalue weighted by atomic mass is 9.90. The number of hydrogen-bond donors (Lipinski definition) is 2. The van der Waals surface area contributed by atoms with E-state index in [-0.39, 0.29) is 11.9 Å². The zero-order chi connectivity index (χ0) is 18.6. The molecule has 0 bridgehead atoms. The fourth-order valence-corrected chi connectivity index (χ4v) is 3.98. The van der Waals surface area contributed by atoms with Crippen molar-refractivity contribution in [2.45, 2.75) is 44.1 Å². The summed E-state index contributed by atoms with van der Waals surface area (Å²) in [6.45, 7) is 1.61. The maximum Gasteiger partial charge on any atom is 0.329 e. The van der Waals surface area contributed by atoms with E-state index >= 15 is 0 Å². The first-order valence-electron chi connectivity index (χ1n) is 9.34. The molecule has 142 valence electrons. The molecule has 1 saturated carbocycles. The summed E-state index contributed by atoms with van der Waals surface area (Å²) in [7, 11) is 1.98. The largest absolute Gasteiger partial charge is 0.488 e. The molecule has 1 aromatic rings. The van der Waals surface area contributed by atoms with Crippen molar-refractivity contribution in [3.05, 3.63) is 28.7 Å². The van der Waals surface area contributed by atoms with Crippen LogP contribution in [0.25, 0.3) is 0 Å². The quantitative estimate of drug-likeness (QED) is 0.685. The third-order valence-corrected chi connectivity index (χ3v) is 5.77. The van der Waals surface area contributed by atoms with Crippen molar-refractivity contribution >= 4 is 27.9 Å². The molecular formula is C19H27BrN3O3+. The SMILES string of the molecule is C[NH+](CCOc1ccc(Br)cc1)CN1C(=O)NC2(CCCCCC2)C1=O. The van der Waals surface area contributed by atoms with Crippen LogP contribution in [0.15, 0.2) is 28.7 Å². The third kappa shape index (κ3) is 4.38. The first-order valence-corrected chi connectivity index (χ1v) is 10.1. The Morgan fingerprint density at radius 2 is 1.81 bits per heavy atom. The van der Waals surface area contributed by atoms with Crippen LogP contribution in [0.5, 0.6) is 5.75 Å². The van der Waals surface area contributed by atoms with Crippen molar-refractivity contribution in [1.29, 1.82) is 0 Å². The summed E-state index contributed by atoms with van der Waals surface area (Å²) in [6, 6.07) is 7.45. The molecule has 1 atom stereocenters. The molecule has 1 aliphatic heterocycles. The number of carbonyl (C=O) groups is 2. The van der Waals surface area contributed by atoms with Crippen molar-refractivity contribution < 1.29 is 19.2 Å². The highest BCUT2D eigenvalue weighted by atomic mass is 79.9. The van der Waals surface area contributed by atoms with Gasteiger partial charge in [0, 0.05) is 4.47 Å². The summed E-state index contributed by atoms with van der Waals surface area (Å²) in [5, 5.41) is 2.99. The van der Waals surface area contributed by atoms with Gasteiger partial charge in [-0.1, -0.05) is 41.6 Å². The molecule has 1 aliphatic carbocycles. The number of nitrogens with zero attached hydrogens (tertiary/aromatic N) is 1. The highest BCUT2D eigenvalue weighted by Gasteiger charge is 2.51. The van der Waals surface area contributed by atoms with E-state index in [4.69, 9.17) is 4.74 Å². The Morgan fingerprint density at radius 3 is 2.46 bits per heavy atom. The number of rotatable bonds is 6. The Morgan fingerprint density at radius 1 is 1.15 bits per heavy atom. The van der Waals surface area contributed by atoms with Gasteiger partial charge in [-0.15, -0.1) is 0 Å². The molecule has 6 nitrogen and oxygen atoms in total. The summed E-state index contributed by atoms with van der Waals surface area (Å²) < 4.78 is 6.74. The standard InChI is InChI=1S/C19H26BrN3O3/c1-22(12-13-26-16-8-6-15(20)7-9-16)14-23-17(24)19(21-18(23)25)10-4-2-3-5-11-19/h6-9H,2-5,10-14H2,1H3,(H,21,25)/p+1. The minimum atomic E-state index is -0.651.